The Morgan fingerprint density at radius 3 is 2.40 bits per heavy atom. The Morgan fingerprint density at radius 1 is 1.27 bits per heavy atom. The molecule has 1 N–H and O–H groups in total. The standard InChI is InChI=1S/C10H21NO3S/c1-11(8-5-9-15(12,13)14)10-6-3-2-4-7-10/h10H,2-9H2,1H3,(H,12,13,14). The Hall–Kier alpha value is -0.130. The van der Waals surface area contributed by atoms with Crippen LogP contribution < -0.4 is 0 Å². The fraction of sp³-hybridized carbons (Fsp3) is 1.00. The Kier molecular flexibility index (Phi) is 5.02. The number of hydrogen-bond acceptors (Lipinski definition) is 3. The number of hydrogen-bond donors (Lipinski definition) is 1. The predicted octanol–water partition coefficient (Wildman–Crippen LogP) is 1.53. The highest BCUT2D eigenvalue weighted by Gasteiger charge is 2.17. The summed E-state index contributed by atoms with van der Waals surface area (Å²) in [5.41, 5.74) is 0. The molecule has 1 aliphatic rings. The van der Waals surface area contributed by atoms with E-state index in [1.807, 2.05) is 7.05 Å². The summed E-state index contributed by atoms with van der Waals surface area (Å²) in [6.45, 7) is 0.754. The maximum atomic E-state index is 10.5. The van der Waals surface area contributed by atoms with E-state index in [0.29, 0.717) is 12.5 Å². The van der Waals surface area contributed by atoms with E-state index in [1.165, 1.54) is 32.1 Å². The SMILES string of the molecule is CN(CCCS(=O)(=O)O)C1CCCCC1. The number of rotatable bonds is 5. The summed E-state index contributed by atoms with van der Waals surface area (Å²) in [5, 5.41) is 0. The Bertz CT molecular complexity index is 270. The molecule has 1 rings (SSSR count). The first-order valence-corrected chi connectivity index (χ1v) is 7.25. The molecule has 1 aliphatic carbocycles. The summed E-state index contributed by atoms with van der Waals surface area (Å²) in [7, 11) is -1.74. The van der Waals surface area contributed by atoms with Gasteiger partial charge in [-0.3, -0.25) is 4.55 Å². The summed E-state index contributed by atoms with van der Waals surface area (Å²) in [6, 6.07) is 0.611. The van der Waals surface area contributed by atoms with Crippen LogP contribution in [0, 0.1) is 0 Å². The average molecular weight is 235 g/mol. The molecular formula is C10H21NO3S. The van der Waals surface area contributed by atoms with Crippen molar-refractivity contribution in [3.63, 3.8) is 0 Å². The largest absolute Gasteiger partial charge is 0.303 e. The van der Waals surface area contributed by atoms with Gasteiger partial charge in [0.25, 0.3) is 10.1 Å². The van der Waals surface area contributed by atoms with Gasteiger partial charge in [-0.25, -0.2) is 0 Å². The monoisotopic (exact) mass is 235 g/mol. The molecule has 1 saturated carbocycles. The molecule has 90 valence electrons. The van der Waals surface area contributed by atoms with Crippen LogP contribution in [0.1, 0.15) is 38.5 Å². The van der Waals surface area contributed by atoms with Gasteiger partial charge >= 0.3 is 0 Å². The molecule has 0 spiro atoms. The van der Waals surface area contributed by atoms with E-state index >= 15 is 0 Å². The van der Waals surface area contributed by atoms with Gasteiger partial charge in [0.05, 0.1) is 5.75 Å². The molecule has 4 nitrogen and oxygen atoms in total. The van der Waals surface area contributed by atoms with Crippen LogP contribution in [0.5, 0.6) is 0 Å². The third-order valence-corrected chi connectivity index (χ3v) is 3.92. The third kappa shape index (κ3) is 5.49. The van der Waals surface area contributed by atoms with Crippen LogP contribution in [0.4, 0.5) is 0 Å². The van der Waals surface area contributed by atoms with Gasteiger partial charge in [0, 0.05) is 6.04 Å². The Morgan fingerprint density at radius 2 is 1.87 bits per heavy atom. The van der Waals surface area contributed by atoms with Crippen molar-refractivity contribution in [2.75, 3.05) is 19.3 Å². The maximum absolute atomic E-state index is 10.5. The topological polar surface area (TPSA) is 57.6 Å². The highest BCUT2D eigenvalue weighted by atomic mass is 32.2. The van der Waals surface area contributed by atoms with Crippen molar-refractivity contribution in [3.05, 3.63) is 0 Å². The van der Waals surface area contributed by atoms with Crippen LogP contribution in [-0.2, 0) is 10.1 Å². The Labute approximate surface area is 92.4 Å². The second kappa shape index (κ2) is 5.82. The van der Waals surface area contributed by atoms with E-state index in [0.717, 1.165) is 6.54 Å². The quantitative estimate of drug-likeness (QED) is 0.734. The zero-order chi connectivity index (χ0) is 11.3. The molecule has 5 heteroatoms. The van der Waals surface area contributed by atoms with Crippen molar-refractivity contribution in [2.24, 2.45) is 0 Å². The van der Waals surface area contributed by atoms with E-state index in [4.69, 9.17) is 4.55 Å². The highest BCUT2D eigenvalue weighted by molar-refractivity contribution is 7.85. The van der Waals surface area contributed by atoms with E-state index in [9.17, 15) is 8.42 Å². The minimum absolute atomic E-state index is 0.121. The molecule has 0 atom stereocenters. The Balaban J connectivity index is 2.20. The van der Waals surface area contributed by atoms with Crippen LogP contribution in [0.3, 0.4) is 0 Å². The predicted molar refractivity (Wildman–Crippen MR) is 60.5 cm³/mol. The van der Waals surface area contributed by atoms with Crippen LogP contribution in [0.2, 0.25) is 0 Å². The zero-order valence-electron chi connectivity index (χ0n) is 9.35. The molecule has 0 aromatic rings. The zero-order valence-corrected chi connectivity index (χ0v) is 10.2. The normalized spacial score (nSPS) is 19.7. The molecule has 0 aromatic heterocycles. The molecule has 15 heavy (non-hydrogen) atoms. The summed E-state index contributed by atoms with van der Waals surface area (Å²) in [5.74, 6) is -0.121. The highest BCUT2D eigenvalue weighted by Crippen LogP contribution is 2.21. The van der Waals surface area contributed by atoms with Gasteiger partial charge in [-0.1, -0.05) is 19.3 Å². The molecule has 0 saturated heterocycles. The molecule has 1 fully saturated rings. The lowest BCUT2D eigenvalue weighted by Crippen LogP contribution is -2.34. The molecule has 0 unspecified atom stereocenters. The summed E-state index contributed by atoms with van der Waals surface area (Å²) in [4.78, 5) is 2.23. The third-order valence-electron chi connectivity index (χ3n) is 3.11. The smallest absolute Gasteiger partial charge is 0.264 e. The maximum Gasteiger partial charge on any atom is 0.264 e. The molecule has 0 radical (unpaired) electrons. The molecule has 0 heterocycles. The summed E-state index contributed by atoms with van der Waals surface area (Å²) in [6.07, 6.45) is 6.87. The number of nitrogens with zero attached hydrogens (tertiary/aromatic N) is 1. The minimum atomic E-state index is -3.78. The van der Waals surface area contributed by atoms with Gasteiger partial charge in [-0.15, -0.1) is 0 Å². The van der Waals surface area contributed by atoms with Gasteiger partial charge in [0.15, 0.2) is 0 Å². The second-order valence-electron chi connectivity index (χ2n) is 4.41. The lowest BCUT2D eigenvalue weighted by molar-refractivity contribution is 0.192. The first kappa shape index (κ1) is 12.9. The second-order valence-corrected chi connectivity index (χ2v) is 5.98. The van der Waals surface area contributed by atoms with Crippen LogP contribution in [0.25, 0.3) is 0 Å². The van der Waals surface area contributed by atoms with Crippen molar-refractivity contribution in [3.8, 4) is 0 Å². The average Bonchev–Trinajstić information content (AvgIpc) is 2.17. The fourth-order valence-electron chi connectivity index (χ4n) is 2.20. The van der Waals surface area contributed by atoms with E-state index in [-0.39, 0.29) is 5.75 Å². The van der Waals surface area contributed by atoms with Gasteiger partial charge in [-0.2, -0.15) is 8.42 Å². The van der Waals surface area contributed by atoms with Crippen molar-refractivity contribution < 1.29 is 13.0 Å². The van der Waals surface area contributed by atoms with Crippen molar-refractivity contribution in [2.45, 2.75) is 44.6 Å². The summed E-state index contributed by atoms with van der Waals surface area (Å²) >= 11 is 0. The van der Waals surface area contributed by atoms with Crippen molar-refractivity contribution in [1.82, 2.24) is 4.90 Å². The van der Waals surface area contributed by atoms with Gasteiger partial charge in [-0.05, 0) is 32.9 Å². The first-order chi connectivity index (χ1) is 6.99. The molecule has 0 aliphatic heterocycles. The molecule has 0 amide bonds. The van der Waals surface area contributed by atoms with Gasteiger partial charge in [0.2, 0.25) is 0 Å². The fourth-order valence-corrected chi connectivity index (χ4v) is 2.69. The van der Waals surface area contributed by atoms with E-state index < -0.39 is 10.1 Å². The van der Waals surface area contributed by atoms with Crippen LogP contribution in [-0.4, -0.2) is 43.3 Å². The summed E-state index contributed by atoms with van der Waals surface area (Å²) < 4.78 is 29.6. The van der Waals surface area contributed by atoms with Crippen LogP contribution in [0.15, 0.2) is 0 Å². The lowest BCUT2D eigenvalue weighted by atomic mass is 9.94. The molecular weight excluding hydrogens is 214 g/mol. The van der Waals surface area contributed by atoms with Gasteiger partial charge < -0.3 is 4.90 Å². The van der Waals surface area contributed by atoms with Crippen LogP contribution >= 0.6 is 0 Å². The van der Waals surface area contributed by atoms with E-state index in [2.05, 4.69) is 4.90 Å². The molecule has 0 aromatic carbocycles. The van der Waals surface area contributed by atoms with Gasteiger partial charge in [0.1, 0.15) is 0 Å². The van der Waals surface area contributed by atoms with Crippen molar-refractivity contribution >= 4 is 10.1 Å². The lowest BCUT2D eigenvalue weighted by Gasteiger charge is -2.31. The first-order valence-electron chi connectivity index (χ1n) is 5.64. The van der Waals surface area contributed by atoms with E-state index in [1.54, 1.807) is 0 Å². The minimum Gasteiger partial charge on any atom is -0.303 e. The van der Waals surface area contributed by atoms with Crippen molar-refractivity contribution in [1.29, 1.82) is 0 Å². The molecule has 0 bridgehead atoms.